The summed E-state index contributed by atoms with van der Waals surface area (Å²) in [4.78, 5) is 39.8. The smallest absolute Gasteiger partial charge is 0.246 e. The van der Waals surface area contributed by atoms with E-state index in [1.54, 1.807) is 45.4 Å². The number of para-hydroxylation sites is 2. The number of amides is 2. The average Bonchev–Trinajstić information content (AvgIpc) is 4.18. The minimum Gasteiger partial charge on any atom is -0.389 e. The van der Waals surface area contributed by atoms with Gasteiger partial charge in [-0.2, -0.15) is 11.3 Å². The SMILES string of the molecule is O=C(/C=C/c1ccc(F)c(Br)c1)N1CCC(O)(C(O)CN2CCC(c3c[nH]c4ccccc34)CC2)CC1.O=C(/C=C/c1ccsc1)N1CCC(O)(C(O)CN2CCC(c3c[nH]c4ccccc34)CC2)CC1. The molecular weight excluding hydrogens is 984 g/mol. The number of rotatable bonds is 12. The van der Waals surface area contributed by atoms with Crippen molar-refractivity contribution in [1.82, 2.24) is 29.6 Å². The predicted octanol–water partition coefficient (Wildman–Crippen LogP) is 8.51. The molecule has 7 heterocycles. The van der Waals surface area contributed by atoms with E-state index in [4.69, 9.17) is 0 Å². The highest BCUT2D eigenvalue weighted by Gasteiger charge is 2.42. The van der Waals surface area contributed by atoms with Crippen LogP contribution in [-0.4, -0.2) is 151 Å². The third kappa shape index (κ3) is 12.3. The lowest BCUT2D eigenvalue weighted by atomic mass is 9.84. The summed E-state index contributed by atoms with van der Waals surface area (Å²) in [5.74, 6) is 0.462. The minimum absolute atomic E-state index is 0.0397. The molecule has 4 saturated heterocycles. The molecule has 376 valence electrons. The first-order valence-corrected chi connectivity index (χ1v) is 26.9. The fourth-order valence-corrected chi connectivity index (χ4v) is 12.0. The number of aliphatic hydroxyl groups excluding tert-OH is 2. The lowest BCUT2D eigenvalue weighted by molar-refractivity contribution is -0.140. The van der Waals surface area contributed by atoms with Crippen LogP contribution in [0.2, 0.25) is 0 Å². The number of aliphatic hydroxyl groups is 4. The van der Waals surface area contributed by atoms with Gasteiger partial charge in [0.15, 0.2) is 0 Å². The van der Waals surface area contributed by atoms with Gasteiger partial charge in [0.1, 0.15) is 5.82 Å². The average molecular weight is 1050 g/mol. The molecule has 71 heavy (non-hydrogen) atoms. The topological polar surface area (TPSA) is 160 Å². The van der Waals surface area contributed by atoms with Gasteiger partial charge in [0.05, 0.1) is 27.9 Å². The lowest BCUT2D eigenvalue weighted by Crippen LogP contribution is -2.56. The Morgan fingerprint density at radius 1 is 0.662 bits per heavy atom. The summed E-state index contributed by atoms with van der Waals surface area (Å²) in [6.45, 7) is 6.18. The molecule has 2 unspecified atom stereocenters. The van der Waals surface area contributed by atoms with E-state index in [-0.39, 0.29) is 17.6 Å². The minimum atomic E-state index is -1.20. The van der Waals surface area contributed by atoms with Gasteiger partial charge in [-0.05, 0) is 181 Å². The van der Waals surface area contributed by atoms with Crippen molar-refractivity contribution >= 4 is 73.0 Å². The zero-order valence-corrected chi connectivity index (χ0v) is 42.5. The van der Waals surface area contributed by atoms with Crippen molar-refractivity contribution in [2.45, 2.75) is 86.6 Å². The maximum atomic E-state index is 13.4. The molecule has 10 rings (SSSR count). The number of carbonyl (C=O) groups excluding carboxylic acids is 2. The van der Waals surface area contributed by atoms with E-state index in [0.29, 0.717) is 81.3 Å². The molecule has 0 saturated carbocycles. The van der Waals surface area contributed by atoms with Crippen molar-refractivity contribution in [2.75, 3.05) is 65.4 Å². The number of aromatic amines is 2. The number of likely N-dealkylation sites (tertiary alicyclic amines) is 4. The zero-order valence-electron chi connectivity index (χ0n) is 40.1. The first-order valence-electron chi connectivity index (χ1n) is 25.1. The second-order valence-corrected chi connectivity index (χ2v) is 21.6. The molecule has 6 aromatic rings. The van der Waals surface area contributed by atoms with Crippen molar-refractivity contribution in [3.05, 3.63) is 141 Å². The molecule has 4 aliphatic heterocycles. The monoisotopic (exact) mass is 1050 g/mol. The fourth-order valence-electron chi connectivity index (χ4n) is 11.0. The number of halogens is 2. The Morgan fingerprint density at radius 2 is 1.11 bits per heavy atom. The molecule has 3 aromatic carbocycles. The molecule has 4 fully saturated rings. The number of fused-ring (bicyclic) bond motifs is 2. The highest BCUT2D eigenvalue weighted by atomic mass is 79.9. The molecule has 0 bridgehead atoms. The molecule has 3 aromatic heterocycles. The van der Waals surface area contributed by atoms with Crippen LogP contribution in [0.4, 0.5) is 4.39 Å². The second kappa shape index (κ2) is 22.8. The fraction of sp³-hybridized carbons (Fsp3) is 0.429. The summed E-state index contributed by atoms with van der Waals surface area (Å²) in [6.07, 6.45) is 14.8. The van der Waals surface area contributed by atoms with Crippen LogP contribution in [0, 0.1) is 5.82 Å². The summed E-state index contributed by atoms with van der Waals surface area (Å²) >= 11 is 4.75. The van der Waals surface area contributed by atoms with E-state index < -0.39 is 23.4 Å². The van der Waals surface area contributed by atoms with Crippen LogP contribution in [0.15, 0.2) is 113 Å². The van der Waals surface area contributed by atoms with Crippen LogP contribution in [-0.2, 0) is 9.59 Å². The Hall–Kier alpha value is -4.97. The molecule has 15 heteroatoms. The molecular formula is C56H66BrFN6O6S. The Morgan fingerprint density at radius 3 is 1.55 bits per heavy atom. The van der Waals surface area contributed by atoms with Gasteiger partial charge < -0.3 is 50.0 Å². The van der Waals surface area contributed by atoms with Crippen molar-refractivity contribution in [3.8, 4) is 0 Å². The number of carbonyl (C=O) groups is 2. The van der Waals surface area contributed by atoms with E-state index in [9.17, 15) is 34.4 Å². The van der Waals surface area contributed by atoms with Crippen LogP contribution in [0.3, 0.4) is 0 Å². The number of nitrogens with zero attached hydrogens (tertiary/aromatic N) is 4. The van der Waals surface area contributed by atoms with Crippen LogP contribution in [0.25, 0.3) is 34.0 Å². The molecule has 0 aliphatic carbocycles. The number of hydrogen-bond acceptors (Lipinski definition) is 9. The third-order valence-electron chi connectivity index (χ3n) is 15.6. The maximum absolute atomic E-state index is 13.4. The van der Waals surface area contributed by atoms with E-state index in [0.717, 1.165) is 63.0 Å². The largest absolute Gasteiger partial charge is 0.389 e. The number of H-pyrrole nitrogens is 2. The van der Waals surface area contributed by atoms with Gasteiger partial charge in [-0.3, -0.25) is 9.59 Å². The summed E-state index contributed by atoms with van der Waals surface area (Å²) in [7, 11) is 0. The van der Waals surface area contributed by atoms with Gasteiger partial charge in [0.25, 0.3) is 0 Å². The molecule has 0 radical (unpaired) electrons. The number of nitrogens with one attached hydrogen (secondary N) is 2. The van der Waals surface area contributed by atoms with E-state index in [1.807, 2.05) is 29.0 Å². The molecule has 12 nitrogen and oxygen atoms in total. The van der Waals surface area contributed by atoms with Crippen LogP contribution in [0.5, 0.6) is 0 Å². The Bertz CT molecular complexity index is 2780. The first kappa shape index (κ1) is 51.0. The van der Waals surface area contributed by atoms with Gasteiger partial charge in [0, 0.05) is 85.6 Å². The van der Waals surface area contributed by atoms with Crippen LogP contribution in [0.1, 0.15) is 85.5 Å². The summed E-state index contributed by atoms with van der Waals surface area (Å²) in [5, 5.41) is 50.8. The van der Waals surface area contributed by atoms with Crippen molar-refractivity contribution in [2.24, 2.45) is 0 Å². The molecule has 2 atom stereocenters. The number of β-amino-alcohol motifs (C(OH)–C–C–N with tert-alkyl or cyclic N) is 2. The third-order valence-corrected chi connectivity index (χ3v) is 16.9. The van der Waals surface area contributed by atoms with E-state index in [2.05, 4.69) is 90.6 Å². The Kier molecular flexibility index (Phi) is 16.4. The Labute approximate surface area is 427 Å². The predicted molar refractivity (Wildman–Crippen MR) is 283 cm³/mol. The maximum Gasteiger partial charge on any atom is 0.246 e. The van der Waals surface area contributed by atoms with Crippen LogP contribution >= 0.6 is 27.3 Å². The van der Waals surface area contributed by atoms with E-state index >= 15 is 0 Å². The molecule has 2 amide bonds. The number of hydrogen-bond donors (Lipinski definition) is 6. The summed E-state index contributed by atoms with van der Waals surface area (Å²) < 4.78 is 13.8. The van der Waals surface area contributed by atoms with Gasteiger partial charge in [-0.25, -0.2) is 4.39 Å². The number of thiophene rings is 1. The second-order valence-electron chi connectivity index (χ2n) is 20.0. The highest BCUT2D eigenvalue weighted by molar-refractivity contribution is 9.10. The van der Waals surface area contributed by atoms with Crippen LogP contribution < -0.4 is 0 Å². The van der Waals surface area contributed by atoms with Crippen molar-refractivity contribution < 1.29 is 34.4 Å². The molecule has 4 aliphatic rings. The first-order chi connectivity index (χ1) is 34.3. The number of aromatic nitrogens is 2. The van der Waals surface area contributed by atoms with Gasteiger partial charge in [0.2, 0.25) is 11.8 Å². The summed E-state index contributed by atoms with van der Waals surface area (Å²) in [6, 6.07) is 23.4. The van der Waals surface area contributed by atoms with Gasteiger partial charge in [-0.1, -0.05) is 42.5 Å². The lowest BCUT2D eigenvalue weighted by Gasteiger charge is -2.43. The van der Waals surface area contributed by atoms with E-state index in [1.165, 1.54) is 45.1 Å². The Balaban J connectivity index is 0.000000176. The van der Waals surface area contributed by atoms with Crippen molar-refractivity contribution in [3.63, 3.8) is 0 Å². The molecule has 6 N–H and O–H groups in total. The normalized spacial score (nSPS) is 20.4. The zero-order chi connectivity index (χ0) is 49.5. The van der Waals surface area contributed by atoms with Gasteiger partial charge in [-0.15, -0.1) is 0 Å². The number of benzene rings is 3. The van der Waals surface area contributed by atoms with Gasteiger partial charge >= 0.3 is 0 Å². The number of piperidine rings is 4. The summed E-state index contributed by atoms with van der Waals surface area (Å²) in [5.41, 5.74) is 4.52. The standard InChI is InChI=1S/C29H33BrFN3O3.C27H33N3O3S/c30-24-17-20(5-7-25(24)31)6-8-28(36)34-15-11-29(37,12-16-34)27(35)19-33-13-9-21(10-14-33)23-18-32-26-4-2-1-3-22(23)26;31-25(27(33)10-14-30(15-11-27)26(32)6-5-20-9-16-34-19-20)18-29-12-7-21(8-13-29)23-17-28-24-4-2-1-3-22(23)24/h1-8,17-18,21,27,32,35,37H,9-16,19H2;1-6,9,16-17,19,21,25,28,31,33H,7-8,10-15,18H2/b8-6+;6-5+. The van der Waals surface area contributed by atoms with Crippen molar-refractivity contribution in [1.29, 1.82) is 0 Å². The quantitative estimate of drug-likeness (QED) is 0.0666. The highest BCUT2D eigenvalue weighted by Crippen LogP contribution is 2.36. The molecule has 0 spiro atoms.